The van der Waals surface area contributed by atoms with Gasteiger partial charge in [0, 0.05) is 29.1 Å². The molecule has 4 nitrogen and oxygen atoms in total. The fourth-order valence-electron chi connectivity index (χ4n) is 4.01. The Morgan fingerprint density at radius 1 is 1.00 bits per heavy atom. The van der Waals surface area contributed by atoms with E-state index in [2.05, 4.69) is 0 Å². The topological polar surface area (TPSA) is 42.7 Å². The fourth-order valence-corrected chi connectivity index (χ4v) is 4.01. The molecule has 0 fully saturated rings. The van der Waals surface area contributed by atoms with E-state index in [9.17, 15) is 13.6 Å². The predicted octanol–water partition coefficient (Wildman–Crippen LogP) is 5.33. The number of aryl methyl sites for hydroxylation is 1. The van der Waals surface area contributed by atoms with Crippen molar-refractivity contribution in [2.24, 2.45) is 0 Å². The van der Waals surface area contributed by atoms with Crippen LogP contribution >= 0.6 is 0 Å². The van der Waals surface area contributed by atoms with Gasteiger partial charge >= 0.3 is 5.63 Å². The average molecular weight is 419 g/mol. The van der Waals surface area contributed by atoms with Crippen molar-refractivity contribution in [1.29, 1.82) is 0 Å². The summed E-state index contributed by atoms with van der Waals surface area (Å²) in [6, 6.07) is 17.2. The van der Waals surface area contributed by atoms with Crippen LogP contribution in [0.15, 0.2) is 69.9 Å². The van der Waals surface area contributed by atoms with Crippen LogP contribution in [0.25, 0.3) is 11.0 Å². The molecule has 0 radical (unpaired) electrons. The smallest absolute Gasteiger partial charge is 0.340 e. The number of rotatable bonds is 3. The minimum Gasteiger partial charge on any atom is -0.473 e. The summed E-state index contributed by atoms with van der Waals surface area (Å²) in [5.41, 5.74) is 3.79. The fraction of sp³-hybridized carbons (Fsp3) is 0.160. The summed E-state index contributed by atoms with van der Waals surface area (Å²) in [6.07, 6.45) is 0.486. The Hall–Kier alpha value is -3.67. The van der Waals surface area contributed by atoms with Gasteiger partial charge in [-0.25, -0.2) is 13.6 Å². The molecule has 1 aliphatic rings. The van der Waals surface area contributed by atoms with Gasteiger partial charge in [-0.05, 0) is 42.3 Å². The second kappa shape index (κ2) is 7.54. The summed E-state index contributed by atoms with van der Waals surface area (Å²) in [6.45, 7) is 2.44. The Kier molecular flexibility index (Phi) is 4.70. The van der Waals surface area contributed by atoms with Gasteiger partial charge in [0.15, 0.2) is 18.4 Å². The lowest BCUT2D eigenvalue weighted by Gasteiger charge is -2.31. The van der Waals surface area contributed by atoms with Crippen LogP contribution in [0.3, 0.4) is 0 Å². The van der Waals surface area contributed by atoms with Crippen molar-refractivity contribution >= 4 is 16.7 Å². The van der Waals surface area contributed by atoms with Gasteiger partial charge in [0.1, 0.15) is 11.3 Å². The Balaban J connectivity index is 1.57. The number of anilines is 1. The highest BCUT2D eigenvalue weighted by atomic mass is 19.2. The zero-order valence-electron chi connectivity index (χ0n) is 16.8. The molecule has 4 aromatic rings. The molecule has 0 amide bonds. The van der Waals surface area contributed by atoms with E-state index in [1.54, 1.807) is 4.90 Å². The van der Waals surface area contributed by atoms with Crippen LogP contribution in [0.2, 0.25) is 0 Å². The van der Waals surface area contributed by atoms with Crippen molar-refractivity contribution in [2.45, 2.75) is 19.9 Å². The highest BCUT2D eigenvalue weighted by Gasteiger charge is 2.24. The molecule has 0 atom stereocenters. The second-order valence-corrected chi connectivity index (χ2v) is 7.64. The monoisotopic (exact) mass is 419 g/mol. The third-order valence-corrected chi connectivity index (χ3v) is 5.73. The Morgan fingerprint density at radius 3 is 2.58 bits per heavy atom. The molecule has 156 valence electrons. The quantitative estimate of drug-likeness (QED) is 0.421. The molecular weight excluding hydrogens is 400 g/mol. The molecule has 3 aromatic carbocycles. The number of ether oxygens (including phenoxy) is 1. The standard InChI is InChI=1S/C25H19F2NO3/c1-15-18-8-10-23-20(13-28(14-30-23)17-7-9-21(26)22(27)12-17)24(18)31-25(29)19(15)11-16-5-3-2-4-6-16/h2-10,12H,11,13-14H2,1H3. The second-order valence-electron chi connectivity index (χ2n) is 7.64. The molecule has 1 aliphatic heterocycles. The summed E-state index contributed by atoms with van der Waals surface area (Å²) < 4.78 is 38.6. The lowest BCUT2D eigenvalue weighted by atomic mass is 9.97. The third-order valence-electron chi connectivity index (χ3n) is 5.73. The van der Waals surface area contributed by atoms with Gasteiger partial charge in [-0.15, -0.1) is 0 Å². The summed E-state index contributed by atoms with van der Waals surface area (Å²) in [5, 5.41) is 0.833. The van der Waals surface area contributed by atoms with E-state index in [0.717, 1.165) is 28.6 Å². The summed E-state index contributed by atoms with van der Waals surface area (Å²) in [5.74, 6) is -1.21. The molecule has 2 heterocycles. The molecule has 6 heteroatoms. The maximum Gasteiger partial charge on any atom is 0.340 e. The predicted molar refractivity (Wildman–Crippen MR) is 115 cm³/mol. The molecule has 0 spiro atoms. The average Bonchev–Trinajstić information content (AvgIpc) is 2.79. The van der Waals surface area contributed by atoms with E-state index in [-0.39, 0.29) is 12.4 Å². The lowest BCUT2D eigenvalue weighted by Crippen LogP contribution is -2.32. The summed E-state index contributed by atoms with van der Waals surface area (Å²) in [7, 11) is 0. The van der Waals surface area contributed by atoms with E-state index < -0.39 is 11.6 Å². The minimum atomic E-state index is -0.922. The first-order chi connectivity index (χ1) is 15.0. The number of hydrogen-bond acceptors (Lipinski definition) is 4. The molecule has 0 aliphatic carbocycles. The van der Waals surface area contributed by atoms with Crippen molar-refractivity contribution in [3.05, 3.63) is 105 Å². The van der Waals surface area contributed by atoms with Crippen molar-refractivity contribution < 1.29 is 17.9 Å². The normalized spacial score (nSPS) is 13.2. The van der Waals surface area contributed by atoms with Gasteiger partial charge in [-0.1, -0.05) is 30.3 Å². The largest absolute Gasteiger partial charge is 0.473 e. The Morgan fingerprint density at radius 2 is 1.81 bits per heavy atom. The Labute approximate surface area is 177 Å². The number of hydrogen-bond donors (Lipinski definition) is 0. The van der Waals surface area contributed by atoms with E-state index in [4.69, 9.17) is 9.15 Å². The molecule has 0 saturated carbocycles. The van der Waals surface area contributed by atoms with Crippen LogP contribution < -0.4 is 15.3 Å². The number of nitrogens with zero attached hydrogens (tertiary/aromatic N) is 1. The van der Waals surface area contributed by atoms with Gasteiger partial charge in [0.2, 0.25) is 0 Å². The number of benzene rings is 3. The molecule has 0 saturated heterocycles. The molecule has 31 heavy (non-hydrogen) atoms. The first-order valence-electron chi connectivity index (χ1n) is 9.96. The van der Waals surface area contributed by atoms with Gasteiger partial charge in [-0.3, -0.25) is 0 Å². The highest BCUT2D eigenvalue weighted by Crippen LogP contribution is 2.35. The maximum atomic E-state index is 13.7. The minimum absolute atomic E-state index is 0.179. The Bertz CT molecular complexity index is 1350. The zero-order valence-corrected chi connectivity index (χ0v) is 16.8. The van der Waals surface area contributed by atoms with E-state index in [0.29, 0.717) is 41.1 Å². The van der Waals surface area contributed by atoms with Gasteiger partial charge in [-0.2, -0.15) is 0 Å². The molecule has 5 rings (SSSR count). The number of halogens is 2. The maximum absolute atomic E-state index is 13.7. The van der Waals surface area contributed by atoms with Gasteiger partial charge < -0.3 is 14.1 Å². The zero-order chi connectivity index (χ0) is 21.5. The van der Waals surface area contributed by atoms with E-state index in [1.165, 1.54) is 6.07 Å². The molecule has 0 bridgehead atoms. The van der Waals surface area contributed by atoms with Crippen molar-refractivity contribution in [3.8, 4) is 5.75 Å². The number of fused-ring (bicyclic) bond motifs is 3. The van der Waals surface area contributed by atoms with Crippen LogP contribution in [0.5, 0.6) is 5.75 Å². The lowest BCUT2D eigenvalue weighted by molar-refractivity contribution is 0.289. The summed E-state index contributed by atoms with van der Waals surface area (Å²) >= 11 is 0. The van der Waals surface area contributed by atoms with Gasteiger partial charge in [0.25, 0.3) is 0 Å². The first kappa shape index (κ1) is 19.3. The highest BCUT2D eigenvalue weighted by molar-refractivity contribution is 5.86. The van der Waals surface area contributed by atoms with Crippen LogP contribution in [-0.4, -0.2) is 6.73 Å². The molecule has 1 aromatic heterocycles. The molecule has 0 unspecified atom stereocenters. The van der Waals surface area contributed by atoms with Crippen LogP contribution in [0.1, 0.15) is 22.3 Å². The van der Waals surface area contributed by atoms with Crippen LogP contribution in [0.4, 0.5) is 14.5 Å². The van der Waals surface area contributed by atoms with Crippen LogP contribution in [-0.2, 0) is 13.0 Å². The first-order valence-corrected chi connectivity index (χ1v) is 9.96. The van der Waals surface area contributed by atoms with Crippen molar-refractivity contribution in [1.82, 2.24) is 0 Å². The summed E-state index contributed by atoms with van der Waals surface area (Å²) in [4.78, 5) is 14.6. The molecular formula is C25H19F2NO3. The van der Waals surface area contributed by atoms with E-state index in [1.807, 2.05) is 49.4 Å². The van der Waals surface area contributed by atoms with Crippen LogP contribution in [0, 0.1) is 18.6 Å². The molecule has 0 N–H and O–H groups in total. The van der Waals surface area contributed by atoms with E-state index >= 15 is 0 Å². The SMILES string of the molecule is Cc1c(Cc2ccccc2)c(=O)oc2c3c(ccc12)OCN(c1ccc(F)c(F)c1)C3. The van der Waals surface area contributed by atoms with Crippen molar-refractivity contribution in [2.75, 3.05) is 11.6 Å². The third kappa shape index (κ3) is 3.44. The van der Waals surface area contributed by atoms with Crippen molar-refractivity contribution in [3.63, 3.8) is 0 Å². The van der Waals surface area contributed by atoms with Gasteiger partial charge in [0.05, 0.1) is 12.1 Å².